The van der Waals surface area contributed by atoms with Gasteiger partial charge in [0, 0.05) is 21.8 Å². The van der Waals surface area contributed by atoms with E-state index in [-0.39, 0.29) is 10.9 Å². The Bertz CT molecular complexity index is 937. The number of anilines is 1. The molecule has 0 unspecified atom stereocenters. The van der Waals surface area contributed by atoms with Crippen molar-refractivity contribution in [1.82, 2.24) is 9.78 Å². The third kappa shape index (κ3) is 4.15. The summed E-state index contributed by atoms with van der Waals surface area (Å²) in [6, 6.07) is 14.1. The molecule has 0 aliphatic carbocycles. The molecule has 0 aliphatic heterocycles. The van der Waals surface area contributed by atoms with E-state index in [1.54, 1.807) is 22.9 Å². The normalized spacial score (nSPS) is 10.7. The number of aromatic nitrogens is 2. The first kappa shape index (κ1) is 17.8. The average Bonchev–Trinajstić information content (AvgIpc) is 2.89. The van der Waals surface area contributed by atoms with Gasteiger partial charge >= 0.3 is 0 Å². The predicted octanol–water partition coefficient (Wildman–Crippen LogP) is 5.45. The third-order valence-electron chi connectivity index (χ3n) is 3.68. The molecule has 4 nitrogen and oxygen atoms in total. The van der Waals surface area contributed by atoms with Crippen LogP contribution >= 0.6 is 34.8 Å². The summed E-state index contributed by atoms with van der Waals surface area (Å²) in [5, 5.41) is 8.60. The molecule has 0 bridgehead atoms. The average molecular weight is 395 g/mol. The van der Waals surface area contributed by atoms with Crippen molar-refractivity contribution in [1.29, 1.82) is 0 Å². The number of halogens is 3. The second kappa shape index (κ2) is 7.48. The smallest absolute Gasteiger partial charge is 0.258 e. The number of amides is 1. The maximum Gasteiger partial charge on any atom is 0.258 e. The van der Waals surface area contributed by atoms with Gasteiger partial charge in [0.25, 0.3) is 5.91 Å². The third-order valence-corrected chi connectivity index (χ3v) is 4.59. The van der Waals surface area contributed by atoms with E-state index in [9.17, 15) is 4.79 Å². The maximum absolute atomic E-state index is 12.4. The van der Waals surface area contributed by atoms with Gasteiger partial charge in [-0.2, -0.15) is 5.10 Å². The van der Waals surface area contributed by atoms with Gasteiger partial charge in [-0.15, -0.1) is 0 Å². The molecule has 0 atom stereocenters. The molecule has 25 heavy (non-hydrogen) atoms. The lowest BCUT2D eigenvalue weighted by molar-refractivity contribution is 0.102. The van der Waals surface area contributed by atoms with Crippen LogP contribution in [0.5, 0.6) is 0 Å². The lowest BCUT2D eigenvalue weighted by atomic mass is 10.2. The summed E-state index contributed by atoms with van der Waals surface area (Å²) in [5.41, 5.74) is 2.19. The minimum atomic E-state index is -0.343. The number of rotatable bonds is 4. The summed E-state index contributed by atoms with van der Waals surface area (Å²) >= 11 is 18.1. The predicted molar refractivity (Wildman–Crippen MR) is 102 cm³/mol. The summed E-state index contributed by atoms with van der Waals surface area (Å²) in [7, 11) is 0. The van der Waals surface area contributed by atoms with Crippen LogP contribution in [-0.2, 0) is 6.54 Å². The highest BCUT2D eigenvalue weighted by molar-refractivity contribution is 6.37. The Balaban J connectivity index is 1.78. The maximum atomic E-state index is 12.4. The van der Waals surface area contributed by atoms with Crippen LogP contribution < -0.4 is 5.32 Å². The van der Waals surface area contributed by atoms with E-state index < -0.39 is 0 Å². The Kier molecular flexibility index (Phi) is 5.33. The molecule has 3 aromatic rings. The topological polar surface area (TPSA) is 46.9 Å². The molecule has 0 saturated carbocycles. The Morgan fingerprint density at radius 3 is 2.56 bits per heavy atom. The molecule has 1 N–H and O–H groups in total. The van der Waals surface area contributed by atoms with E-state index in [1.807, 2.05) is 31.2 Å². The fraction of sp³-hybridized carbons (Fsp3) is 0.111. The van der Waals surface area contributed by atoms with E-state index in [2.05, 4.69) is 10.4 Å². The molecule has 128 valence electrons. The zero-order valence-corrected chi connectivity index (χ0v) is 15.5. The molecule has 7 heteroatoms. The summed E-state index contributed by atoms with van der Waals surface area (Å²) < 4.78 is 1.78. The molecule has 0 aliphatic rings. The van der Waals surface area contributed by atoms with Crippen molar-refractivity contribution in [3.05, 3.63) is 80.4 Å². The number of aryl methyl sites for hydroxylation is 1. The monoisotopic (exact) mass is 393 g/mol. The summed E-state index contributed by atoms with van der Waals surface area (Å²) in [6.45, 7) is 2.43. The molecule has 2 aromatic carbocycles. The van der Waals surface area contributed by atoms with Crippen LogP contribution in [0.4, 0.5) is 5.82 Å². The number of nitrogens with zero attached hydrogens (tertiary/aromatic N) is 2. The quantitative estimate of drug-likeness (QED) is 0.639. The molecular formula is C18H14Cl3N3O. The van der Waals surface area contributed by atoms with E-state index in [4.69, 9.17) is 34.8 Å². The van der Waals surface area contributed by atoms with Gasteiger partial charge in [0.05, 0.1) is 17.1 Å². The fourth-order valence-corrected chi connectivity index (χ4v) is 3.07. The minimum absolute atomic E-state index is 0.289. The first-order valence-corrected chi connectivity index (χ1v) is 8.61. The van der Waals surface area contributed by atoms with Gasteiger partial charge in [-0.3, -0.25) is 9.48 Å². The van der Waals surface area contributed by atoms with E-state index in [1.165, 1.54) is 6.07 Å². The number of hydrogen-bond donors (Lipinski definition) is 1. The molecule has 0 fully saturated rings. The van der Waals surface area contributed by atoms with Gasteiger partial charge in [-0.05, 0) is 36.8 Å². The van der Waals surface area contributed by atoms with Crippen LogP contribution in [0.2, 0.25) is 15.1 Å². The van der Waals surface area contributed by atoms with Crippen molar-refractivity contribution < 1.29 is 4.79 Å². The zero-order valence-electron chi connectivity index (χ0n) is 13.3. The van der Waals surface area contributed by atoms with Gasteiger partial charge in [0.15, 0.2) is 5.82 Å². The Hall–Kier alpha value is -2.01. The molecule has 1 heterocycles. The number of benzene rings is 2. The van der Waals surface area contributed by atoms with Gasteiger partial charge in [0.1, 0.15) is 0 Å². The number of carbonyl (C=O) groups is 1. The summed E-state index contributed by atoms with van der Waals surface area (Å²) in [6.07, 6.45) is 0. The minimum Gasteiger partial charge on any atom is -0.305 e. The summed E-state index contributed by atoms with van der Waals surface area (Å²) in [5.74, 6) is 0.102. The molecule has 0 spiro atoms. The molecule has 1 amide bonds. The Morgan fingerprint density at radius 2 is 1.84 bits per heavy atom. The van der Waals surface area contributed by atoms with Gasteiger partial charge < -0.3 is 5.32 Å². The highest BCUT2D eigenvalue weighted by atomic mass is 35.5. The van der Waals surface area contributed by atoms with Crippen molar-refractivity contribution in [2.24, 2.45) is 0 Å². The Morgan fingerprint density at radius 1 is 1.08 bits per heavy atom. The van der Waals surface area contributed by atoms with Gasteiger partial charge in [-0.25, -0.2) is 0 Å². The molecular weight excluding hydrogens is 381 g/mol. The van der Waals surface area contributed by atoms with E-state index in [0.717, 1.165) is 11.3 Å². The van der Waals surface area contributed by atoms with Gasteiger partial charge in [-0.1, -0.05) is 53.0 Å². The van der Waals surface area contributed by atoms with Crippen LogP contribution in [0.25, 0.3) is 0 Å². The number of carbonyl (C=O) groups excluding carboxylic acids is 1. The first-order valence-electron chi connectivity index (χ1n) is 7.48. The highest BCUT2D eigenvalue weighted by Crippen LogP contribution is 2.22. The van der Waals surface area contributed by atoms with Crippen LogP contribution in [0.1, 0.15) is 21.6 Å². The van der Waals surface area contributed by atoms with Crippen molar-refractivity contribution >= 4 is 46.5 Å². The van der Waals surface area contributed by atoms with Crippen molar-refractivity contribution in [3.63, 3.8) is 0 Å². The van der Waals surface area contributed by atoms with Crippen LogP contribution in [0, 0.1) is 6.92 Å². The SMILES string of the molecule is Cc1cc(NC(=O)c2ccc(Cl)cc2Cl)nn1Cc1ccccc1Cl. The highest BCUT2D eigenvalue weighted by Gasteiger charge is 2.14. The largest absolute Gasteiger partial charge is 0.305 e. The zero-order chi connectivity index (χ0) is 18.0. The molecule has 0 saturated heterocycles. The fourth-order valence-electron chi connectivity index (χ4n) is 2.38. The molecule has 0 radical (unpaired) electrons. The van der Waals surface area contributed by atoms with E-state index in [0.29, 0.717) is 28.0 Å². The van der Waals surface area contributed by atoms with Crippen LogP contribution in [-0.4, -0.2) is 15.7 Å². The second-order valence-corrected chi connectivity index (χ2v) is 6.75. The van der Waals surface area contributed by atoms with Gasteiger partial charge in [0.2, 0.25) is 0 Å². The second-order valence-electron chi connectivity index (χ2n) is 5.50. The lowest BCUT2D eigenvalue weighted by Gasteiger charge is -2.06. The van der Waals surface area contributed by atoms with Crippen LogP contribution in [0.3, 0.4) is 0 Å². The summed E-state index contributed by atoms with van der Waals surface area (Å²) in [4.78, 5) is 12.4. The van der Waals surface area contributed by atoms with Crippen molar-refractivity contribution in [2.45, 2.75) is 13.5 Å². The van der Waals surface area contributed by atoms with Crippen molar-refractivity contribution in [3.8, 4) is 0 Å². The number of nitrogens with one attached hydrogen (secondary N) is 1. The molecule has 3 rings (SSSR count). The lowest BCUT2D eigenvalue weighted by Crippen LogP contribution is -2.13. The molecule has 1 aromatic heterocycles. The Labute approximate surface area is 160 Å². The first-order chi connectivity index (χ1) is 11.9. The van der Waals surface area contributed by atoms with Crippen molar-refractivity contribution in [2.75, 3.05) is 5.32 Å². The standard InChI is InChI=1S/C18H14Cl3N3O/c1-11-8-17(22-18(25)14-7-6-13(19)9-16(14)21)23-24(11)10-12-4-2-3-5-15(12)20/h2-9H,10H2,1H3,(H,22,23,25). The van der Waals surface area contributed by atoms with E-state index >= 15 is 0 Å². The van der Waals surface area contributed by atoms with Crippen LogP contribution in [0.15, 0.2) is 48.5 Å². The number of hydrogen-bond acceptors (Lipinski definition) is 2.